The molecule has 2 rings (SSSR count). The van der Waals surface area contributed by atoms with E-state index in [2.05, 4.69) is 15.9 Å². The Kier molecular flexibility index (Phi) is 4.03. The van der Waals surface area contributed by atoms with Crippen molar-refractivity contribution in [1.82, 2.24) is 0 Å². The Morgan fingerprint density at radius 2 is 2.13 bits per heavy atom. The summed E-state index contributed by atoms with van der Waals surface area (Å²) < 4.78 is 12.2. The van der Waals surface area contributed by atoms with Gasteiger partial charge in [-0.25, -0.2) is 0 Å². The zero-order chi connectivity index (χ0) is 10.5. The van der Waals surface area contributed by atoms with E-state index in [1.54, 1.807) is 0 Å². The van der Waals surface area contributed by atoms with E-state index < -0.39 is 0 Å². The molecule has 1 aromatic carbocycles. The minimum absolute atomic E-state index is 0.417. The molecule has 1 aliphatic rings. The lowest BCUT2D eigenvalue weighted by atomic mass is 10.2. The molecule has 1 aromatic rings. The highest BCUT2D eigenvalue weighted by molar-refractivity contribution is 9.10. The van der Waals surface area contributed by atoms with Crippen molar-refractivity contribution in [3.8, 4) is 5.75 Å². The van der Waals surface area contributed by atoms with Crippen molar-refractivity contribution in [1.29, 1.82) is 0 Å². The SMILES string of the molecule is Brc1ccc(OCCC2CCCO2)cc1. The minimum Gasteiger partial charge on any atom is -0.493 e. The second-order valence-corrected chi connectivity index (χ2v) is 4.64. The Morgan fingerprint density at radius 3 is 2.80 bits per heavy atom. The number of hydrogen-bond donors (Lipinski definition) is 0. The first kappa shape index (κ1) is 11.0. The molecule has 1 unspecified atom stereocenters. The van der Waals surface area contributed by atoms with Gasteiger partial charge < -0.3 is 9.47 Å². The van der Waals surface area contributed by atoms with E-state index in [1.165, 1.54) is 12.8 Å². The first-order valence-corrected chi connectivity index (χ1v) is 6.14. The number of hydrogen-bond acceptors (Lipinski definition) is 2. The van der Waals surface area contributed by atoms with Gasteiger partial charge in [-0.05, 0) is 37.1 Å². The van der Waals surface area contributed by atoms with E-state index in [4.69, 9.17) is 9.47 Å². The molecule has 2 nitrogen and oxygen atoms in total. The van der Waals surface area contributed by atoms with Crippen LogP contribution in [-0.2, 0) is 4.74 Å². The Bertz CT molecular complexity index is 291. The van der Waals surface area contributed by atoms with E-state index in [1.807, 2.05) is 24.3 Å². The van der Waals surface area contributed by atoms with E-state index >= 15 is 0 Å². The van der Waals surface area contributed by atoms with Crippen molar-refractivity contribution >= 4 is 15.9 Å². The summed E-state index contributed by atoms with van der Waals surface area (Å²) in [5.41, 5.74) is 0. The fourth-order valence-corrected chi connectivity index (χ4v) is 1.98. The number of ether oxygens (including phenoxy) is 2. The van der Waals surface area contributed by atoms with Crippen molar-refractivity contribution in [3.05, 3.63) is 28.7 Å². The van der Waals surface area contributed by atoms with Crippen molar-refractivity contribution in [2.24, 2.45) is 0 Å². The molecule has 15 heavy (non-hydrogen) atoms. The number of rotatable bonds is 4. The molecule has 1 fully saturated rings. The van der Waals surface area contributed by atoms with Crippen LogP contribution in [-0.4, -0.2) is 19.3 Å². The Morgan fingerprint density at radius 1 is 1.33 bits per heavy atom. The van der Waals surface area contributed by atoms with Crippen LogP contribution in [0.15, 0.2) is 28.7 Å². The van der Waals surface area contributed by atoms with Gasteiger partial charge in [0.1, 0.15) is 5.75 Å². The standard InChI is InChI=1S/C12H15BrO2/c13-10-3-5-12(6-4-10)15-9-7-11-2-1-8-14-11/h3-6,11H,1-2,7-9H2. The van der Waals surface area contributed by atoms with Crippen LogP contribution in [0.25, 0.3) is 0 Å². The van der Waals surface area contributed by atoms with Crippen molar-refractivity contribution in [3.63, 3.8) is 0 Å². The Hall–Kier alpha value is -0.540. The fourth-order valence-electron chi connectivity index (χ4n) is 1.71. The third kappa shape index (κ3) is 3.50. The van der Waals surface area contributed by atoms with Gasteiger partial charge in [-0.3, -0.25) is 0 Å². The normalized spacial score (nSPS) is 20.5. The van der Waals surface area contributed by atoms with Crippen LogP contribution in [0.5, 0.6) is 5.75 Å². The average molecular weight is 271 g/mol. The maximum absolute atomic E-state index is 5.62. The van der Waals surface area contributed by atoms with Crippen LogP contribution < -0.4 is 4.74 Å². The van der Waals surface area contributed by atoms with Crippen LogP contribution in [0, 0.1) is 0 Å². The zero-order valence-corrected chi connectivity index (χ0v) is 10.2. The second-order valence-electron chi connectivity index (χ2n) is 3.73. The lowest BCUT2D eigenvalue weighted by Gasteiger charge is -2.10. The van der Waals surface area contributed by atoms with Crippen LogP contribution in [0.2, 0.25) is 0 Å². The number of halogens is 1. The summed E-state index contributed by atoms with van der Waals surface area (Å²) >= 11 is 3.39. The van der Waals surface area contributed by atoms with Gasteiger partial charge in [0.25, 0.3) is 0 Å². The topological polar surface area (TPSA) is 18.5 Å². The largest absolute Gasteiger partial charge is 0.493 e. The molecule has 0 aromatic heterocycles. The smallest absolute Gasteiger partial charge is 0.119 e. The lowest BCUT2D eigenvalue weighted by Crippen LogP contribution is -2.10. The third-order valence-electron chi connectivity index (χ3n) is 2.55. The van der Waals surface area contributed by atoms with Gasteiger partial charge in [0.2, 0.25) is 0 Å². The molecule has 1 heterocycles. The molecule has 0 aliphatic carbocycles. The molecule has 0 spiro atoms. The molecule has 0 amide bonds. The maximum Gasteiger partial charge on any atom is 0.119 e. The Balaban J connectivity index is 1.71. The van der Waals surface area contributed by atoms with Gasteiger partial charge in [0, 0.05) is 17.5 Å². The van der Waals surface area contributed by atoms with E-state index in [9.17, 15) is 0 Å². The first-order chi connectivity index (χ1) is 7.34. The third-order valence-corrected chi connectivity index (χ3v) is 3.07. The molecule has 0 bridgehead atoms. The molecule has 0 saturated carbocycles. The van der Waals surface area contributed by atoms with Crippen LogP contribution in [0.1, 0.15) is 19.3 Å². The summed E-state index contributed by atoms with van der Waals surface area (Å²) in [5.74, 6) is 0.927. The van der Waals surface area contributed by atoms with Crippen LogP contribution in [0.3, 0.4) is 0 Å². The quantitative estimate of drug-likeness (QED) is 0.835. The summed E-state index contributed by atoms with van der Waals surface area (Å²) in [6.07, 6.45) is 3.79. The highest BCUT2D eigenvalue weighted by Gasteiger charge is 2.14. The van der Waals surface area contributed by atoms with E-state index in [0.29, 0.717) is 6.10 Å². The van der Waals surface area contributed by atoms with Gasteiger partial charge in [-0.2, -0.15) is 0 Å². The number of benzene rings is 1. The molecule has 1 atom stereocenters. The van der Waals surface area contributed by atoms with Gasteiger partial charge in [0.15, 0.2) is 0 Å². The second kappa shape index (κ2) is 5.52. The van der Waals surface area contributed by atoms with Crippen molar-refractivity contribution in [2.45, 2.75) is 25.4 Å². The summed E-state index contributed by atoms with van der Waals surface area (Å²) in [6, 6.07) is 7.92. The molecule has 82 valence electrons. The monoisotopic (exact) mass is 270 g/mol. The summed E-state index contributed by atoms with van der Waals surface area (Å²) in [5, 5.41) is 0. The van der Waals surface area contributed by atoms with Gasteiger partial charge >= 0.3 is 0 Å². The predicted molar refractivity (Wildman–Crippen MR) is 63.2 cm³/mol. The maximum atomic E-state index is 5.62. The van der Waals surface area contributed by atoms with Crippen LogP contribution in [0.4, 0.5) is 0 Å². The minimum atomic E-state index is 0.417. The van der Waals surface area contributed by atoms with Gasteiger partial charge in [-0.15, -0.1) is 0 Å². The highest BCUT2D eigenvalue weighted by Crippen LogP contribution is 2.18. The van der Waals surface area contributed by atoms with Gasteiger partial charge in [0.05, 0.1) is 12.7 Å². The molecule has 1 saturated heterocycles. The molecular weight excluding hydrogens is 256 g/mol. The molecular formula is C12H15BrO2. The molecule has 1 aliphatic heterocycles. The zero-order valence-electron chi connectivity index (χ0n) is 8.62. The predicted octanol–water partition coefficient (Wildman–Crippen LogP) is 3.40. The summed E-state index contributed by atoms with van der Waals surface area (Å²) in [4.78, 5) is 0. The Labute approximate surface area is 98.7 Å². The van der Waals surface area contributed by atoms with Crippen molar-refractivity contribution < 1.29 is 9.47 Å². The average Bonchev–Trinajstić information content (AvgIpc) is 2.74. The molecule has 0 N–H and O–H groups in total. The summed E-state index contributed by atoms with van der Waals surface area (Å²) in [6.45, 7) is 1.66. The molecule has 3 heteroatoms. The molecule has 0 radical (unpaired) electrons. The first-order valence-electron chi connectivity index (χ1n) is 5.34. The van der Waals surface area contributed by atoms with Crippen LogP contribution >= 0.6 is 15.9 Å². The van der Waals surface area contributed by atoms with Gasteiger partial charge in [-0.1, -0.05) is 15.9 Å². The highest BCUT2D eigenvalue weighted by atomic mass is 79.9. The fraction of sp³-hybridized carbons (Fsp3) is 0.500. The van der Waals surface area contributed by atoms with E-state index in [0.717, 1.165) is 29.9 Å². The van der Waals surface area contributed by atoms with E-state index in [-0.39, 0.29) is 0 Å². The van der Waals surface area contributed by atoms with Crippen molar-refractivity contribution in [2.75, 3.05) is 13.2 Å². The summed E-state index contributed by atoms with van der Waals surface area (Å²) in [7, 11) is 0. The lowest BCUT2D eigenvalue weighted by molar-refractivity contribution is 0.0903.